The fourth-order valence-corrected chi connectivity index (χ4v) is 3.66. The number of benzene rings is 2. The predicted octanol–water partition coefficient (Wildman–Crippen LogP) is 5.48. The van der Waals surface area contributed by atoms with E-state index in [1.807, 2.05) is 54.6 Å². The first-order valence-corrected chi connectivity index (χ1v) is 9.47. The molecule has 140 valence electrons. The second kappa shape index (κ2) is 6.77. The third kappa shape index (κ3) is 2.94. The van der Waals surface area contributed by atoms with Gasteiger partial charge in [-0.2, -0.15) is 0 Å². The highest BCUT2D eigenvalue weighted by atomic mass is 35.5. The fourth-order valence-electron chi connectivity index (χ4n) is 3.46. The van der Waals surface area contributed by atoms with E-state index in [0.29, 0.717) is 18.2 Å². The van der Waals surface area contributed by atoms with Crippen LogP contribution >= 0.6 is 11.6 Å². The van der Waals surface area contributed by atoms with Crippen LogP contribution in [0.5, 0.6) is 11.5 Å². The summed E-state index contributed by atoms with van der Waals surface area (Å²) in [6.45, 7) is 3.19. The fraction of sp³-hybridized carbons (Fsp3) is 0.136. The van der Waals surface area contributed by atoms with Gasteiger partial charge in [0.2, 0.25) is 0 Å². The van der Waals surface area contributed by atoms with Gasteiger partial charge in [-0.25, -0.2) is 4.98 Å². The first-order chi connectivity index (χ1) is 13.7. The zero-order valence-electron chi connectivity index (χ0n) is 15.3. The van der Waals surface area contributed by atoms with Crippen LogP contribution in [0.3, 0.4) is 0 Å². The molecule has 0 spiro atoms. The van der Waals surface area contributed by atoms with Crippen molar-refractivity contribution in [1.29, 1.82) is 0 Å². The van der Waals surface area contributed by atoms with Crippen LogP contribution in [0.4, 0.5) is 11.5 Å². The lowest BCUT2D eigenvalue weighted by Gasteiger charge is -2.19. The summed E-state index contributed by atoms with van der Waals surface area (Å²) < 4.78 is 13.4. The SMILES string of the molecule is Cc1cccc2nc(-c3cccc(Cl)c3)c(Nc3ccc4c(c3)OCCO4)n12. The second-order valence-electron chi connectivity index (χ2n) is 6.66. The lowest BCUT2D eigenvalue weighted by Crippen LogP contribution is -2.15. The number of aryl methyl sites for hydroxylation is 1. The molecule has 28 heavy (non-hydrogen) atoms. The van der Waals surface area contributed by atoms with Crippen molar-refractivity contribution in [3.05, 3.63) is 71.4 Å². The molecule has 5 rings (SSSR count). The van der Waals surface area contributed by atoms with Crippen molar-refractivity contribution >= 4 is 28.8 Å². The van der Waals surface area contributed by atoms with Gasteiger partial charge >= 0.3 is 0 Å². The molecule has 0 amide bonds. The summed E-state index contributed by atoms with van der Waals surface area (Å²) >= 11 is 6.23. The van der Waals surface area contributed by atoms with Crippen LogP contribution in [0.1, 0.15) is 5.69 Å². The molecule has 3 heterocycles. The molecule has 1 aliphatic heterocycles. The molecule has 6 heteroatoms. The Labute approximate surface area is 167 Å². The molecule has 0 saturated carbocycles. The number of imidazole rings is 1. The summed E-state index contributed by atoms with van der Waals surface area (Å²) in [4.78, 5) is 4.85. The summed E-state index contributed by atoms with van der Waals surface area (Å²) in [6.07, 6.45) is 0. The standard InChI is InChI=1S/C22H18ClN3O2/c1-14-4-2-7-20-25-21(15-5-3-6-16(23)12-15)22(26(14)20)24-17-8-9-18-19(13-17)28-11-10-27-18/h2-9,12-13,24H,10-11H2,1H3. The van der Waals surface area contributed by atoms with Crippen LogP contribution in [0, 0.1) is 6.92 Å². The van der Waals surface area contributed by atoms with Crippen molar-refractivity contribution in [2.75, 3.05) is 18.5 Å². The number of ether oxygens (including phenoxy) is 2. The molecule has 0 unspecified atom stereocenters. The third-order valence-electron chi connectivity index (χ3n) is 4.74. The molecule has 0 saturated heterocycles. The minimum Gasteiger partial charge on any atom is -0.486 e. The van der Waals surface area contributed by atoms with Crippen LogP contribution in [-0.2, 0) is 0 Å². The van der Waals surface area contributed by atoms with Crippen molar-refractivity contribution in [1.82, 2.24) is 9.38 Å². The molecular formula is C22H18ClN3O2. The summed E-state index contributed by atoms with van der Waals surface area (Å²) in [6, 6.07) is 19.6. The van der Waals surface area contributed by atoms with E-state index < -0.39 is 0 Å². The Morgan fingerprint density at radius 1 is 0.964 bits per heavy atom. The van der Waals surface area contributed by atoms with E-state index in [-0.39, 0.29) is 0 Å². The van der Waals surface area contributed by atoms with Gasteiger partial charge in [-0.05, 0) is 43.3 Å². The summed E-state index contributed by atoms with van der Waals surface area (Å²) in [5.41, 5.74) is 4.65. The number of nitrogens with one attached hydrogen (secondary N) is 1. The van der Waals surface area contributed by atoms with E-state index in [0.717, 1.165) is 45.6 Å². The highest BCUT2D eigenvalue weighted by Crippen LogP contribution is 2.37. The third-order valence-corrected chi connectivity index (χ3v) is 4.98. The monoisotopic (exact) mass is 391 g/mol. The van der Waals surface area contributed by atoms with Gasteiger partial charge in [-0.15, -0.1) is 0 Å². The van der Waals surface area contributed by atoms with Gasteiger partial charge in [0.25, 0.3) is 0 Å². The number of fused-ring (bicyclic) bond motifs is 2. The smallest absolute Gasteiger partial charge is 0.163 e. The minimum absolute atomic E-state index is 0.555. The Kier molecular flexibility index (Phi) is 4.10. The first-order valence-electron chi connectivity index (χ1n) is 9.10. The van der Waals surface area contributed by atoms with Gasteiger partial charge < -0.3 is 14.8 Å². The topological polar surface area (TPSA) is 47.8 Å². The number of hydrogen-bond acceptors (Lipinski definition) is 4. The van der Waals surface area contributed by atoms with E-state index in [9.17, 15) is 0 Å². The second-order valence-corrected chi connectivity index (χ2v) is 7.10. The minimum atomic E-state index is 0.555. The van der Waals surface area contributed by atoms with Crippen LogP contribution in [0.15, 0.2) is 60.7 Å². The van der Waals surface area contributed by atoms with Crippen LogP contribution in [0.25, 0.3) is 16.9 Å². The zero-order valence-corrected chi connectivity index (χ0v) is 16.0. The Bertz CT molecular complexity index is 1190. The predicted molar refractivity (Wildman–Crippen MR) is 111 cm³/mol. The molecule has 0 bridgehead atoms. The molecule has 2 aromatic heterocycles. The molecule has 0 radical (unpaired) electrons. The van der Waals surface area contributed by atoms with Gasteiger partial charge in [0, 0.05) is 28.0 Å². The molecule has 1 aliphatic rings. The van der Waals surface area contributed by atoms with Gasteiger partial charge in [0.15, 0.2) is 11.5 Å². The number of rotatable bonds is 3. The quantitative estimate of drug-likeness (QED) is 0.502. The molecular weight excluding hydrogens is 374 g/mol. The molecule has 5 nitrogen and oxygen atoms in total. The van der Waals surface area contributed by atoms with Crippen molar-refractivity contribution in [2.24, 2.45) is 0 Å². The van der Waals surface area contributed by atoms with Crippen molar-refractivity contribution in [2.45, 2.75) is 6.92 Å². The van der Waals surface area contributed by atoms with Crippen molar-refractivity contribution in [3.63, 3.8) is 0 Å². The summed E-state index contributed by atoms with van der Waals surface area (Å²) in [5.74, 6) is 2.39. The number of anilines is 2. The van der Waals surface area contributed by atoms with E-state index in [1.54, 1.807) is 0 Å². The van der Waals surface area contributed by atoms with Gasteiger partial charge in [-0.1, -0.05) is 29.8 Å². The molecule has 0 fully saturated rings. The van der Waals surface area contributed by atoms with Gasteiger partial charge in [0.1, 0.15) is 30.4 Å². The summed E-state index contributed by atoms with van der Waals surface area (Å²) in [5, 5.41) is 4.20. The largest absolute Gasteiger partial charge is 0.486 e. The van der Waals surface area contributed by atoms with E-state index >= 15 is 0 Å². The Morgan fingerprint density at radius 2 is 1.79 bits per heavy atom. The number of aromatic nitrogens is 2. The average Bonchev–Trinajstić information content (AvgIpc) is 3.08. The van der Waals surface area contributed by atoms with Crippen LogP contribution in [0.2, 0.25) is 5.02 Å². The normalized spacial score (nSPS) is 12.9. The maximum Gasteiger partial charge on any atom is 0.163 e. The Balaban J connectivity index is 1.66. The molecule has 1 N–H and O–H groups in total. The molecule has 0 aliphatic carbocycles. The van der Waals surface area contributed by atoms with Crippen molar-refractivity contribution < 1.29 is 9.47 Å². The lowest BCUT2D eigenvalue weighted by molar-refractivity contribution is 0.171. The van der Waals surface area contributed by atoms with Gasteiger partial charge in [-0.3, -0.25) is 4.40 Å². The number of nitrogens with zero attached hydrogens (tertiary/aromatic N) is 2. The van der Waals surface area contributed by atoms with E-state index in [1.165, 1.54) is 0 Å². The van der Waals surface area contributed by atoms with E-state index in [4.69, 9.17) is 26.1 Å². The maximum atomic E-state index is 6.23. The van der Waals surface area contributed by atoms with Crippen molar-refractivity contribution in [3.8, 4) is 22.8 Å². The Hall–Kier alpha value is -3.18. The molecule has 0 atom stereocenters. The maximum absolute atomic E-state index is 6.23. The highest BCUT2D eigenvalue weighted by molar-refractivity contribution is 6.30. The highest BCUT2D eigenvalue weighted by Gasteiger charge is 2.18. The lowest BCUT2D eigenvalue weighted by atomic mass is 10.1. The first kappa shape index (κ1) is 17.0. The molecule has 4 aromatic rings. The summed E-state index contributed by atoms with van der Waals surface area (Å²) in [7, 11) is 0. The number of halogens is 1. The average molecular weight is 392 g/mol. The number of pyridine rings is 1. The molecule has 2 aromatic carbocycles. The zero-order chi connectivity index (χ0) is 19.1. The van der Waals surface area contributed by atoms with Gasteiger partial charge in [0.05, 0.1) is 0 Å². The van der Waals surface area contributed by atoms with Crippen LogP contribution < -0.4 is 14.8 Å². The van der Waals surface area contributed by atoms with E-state index in [2.05, 4.69) is 22.7 Å². The Morgan fingerprint density at radius 3 is 2.64 bits per heavy atom. The number of hydrogen-bond donors (Lipinski definition) is 1. The van der Waals surface area contributed by atoms with Crippen LogP contribution in [-0.4, -0.2) is 22.6 Å².